The van der Waals surface area contributed by atoms with E-state index in [4.69, 9.17) is 10.3 Å². The summed E-state index contributed by atoms with van der Waals surface area (Å²) in [5.41, 5.74) is 6.17. The van der Waals surface area contributed by atoms with Crippen LogP contribution < -0.4 is 5.73 Å². The quantitative estimate of drug-likeness (QED) is 0.515. The molecule has 92 valence electrons. The third kappa shape index (κ3) is 2.43. The van der Waals surface area contributed by atoms with Crippen LogP contribution in [0.4, 0.5) is 0 Å². The van der Waals surface area contributed by atoms with Gasteiger partial charge in [0.25, 0.3) is 11.7 Å². The zero-order chi connectivity index (χ0) is 13.1. The Balaban J connectivity index is 2.29. The number of Topliss-reactive ketones (excluding diaryl/α,β-unsaturated/α-hetero) is 1. The summed E-state index contributed by atoms with van der Waals surface area (Å²) in [6.07, 6.45) is 1.98. The first kappa shape index (κ1) is 12.4. The molecular weight excluding hydrogens is 252 g/mol. The van der Waals surface area contributed by atoms with Crippen LogP contribution in [-0.2, 0) is 4.79 Å². The lowest BCUT2D eigenvalue weighted by Crippen LogP contribution is -2.22. The molecule has 0 unspecified atom stereocenters. The Morgan fingerprint density at radius 2 is 1.94 bits per heavy atom. The Hall–Kier alpha value is -2.08. The maximum Gasteiger partial charge on any atom is 0.293 e. The highest BCUT2D eigenvalue weighted by molar-refractivity contribution is 7.98. The van der Waals surface area contributed by atoms with E-state index in [-0.39, 0.29) is 5.76 Å². The van der Waals surface area contributed by atoms with Gasteiger partial charge < -0.3 is 10.3 Å². The molecule has 0 bridgehead atoms. The molecule has 1 amide bonds. The normalized spacial score (nSPS) is 10.3. The smallest absolute Gasteiger partial charge is 0.293 e. The summed E-state index contributed by atoms with van der Waals surface area (Å²) in [6, 6.07) is 9.00. The van der Waals surface area contributed by atoms with Crippen LogP contribution in [0, 0.1) is 0 Å². The first-order valence-corrected chi connectivity index (χ1v) is 6.29. The molecule has 0 aliphatic rings. The van der Waals surface area contributed by atoms with Gasteiger partial charge in [-0.25, -0.2) is 0 Å². The number of nitrogens with two attached hydrogens (primary N) is 1. The summed E-state index contributed by atoms with van der Waals surface area (Å²) in [6.45, 7) is 0. The van der Waals surface area contributed by atoms with Gasteiger partial charge in [0.05, 0.1) is 0 Å². The minimum absolute atomic E-state index is 0.147. The van der Waals surface area contributed by atoms with Crippen molar-refractivity contribution < 1.29 is 14.1 Å². The van der Waals surface area contributed by atoms with Crippen molar-refractivity contribution in [1.82, 2.24) is 5.16 Å². The fourth-order valence-corrected chi connectivity index (χ4v) is 1.81. The number of carbonyl (C=O) groups is 2. The van der Waals surface area contributed by atoms with E-state index in [2.05, 4.69) is 5.16 Å². The van der Waals surface area contributed by atoms with Crippen LogP contribution in [0.5, 0.6) is 0 Å². The van der Waals surface area contributed by atoms with Crippen LogP contribution in [0.2, 0.25) is 0 Å². The molecule has 0 radical (unpaired) electrons. The number of thioether (sulfide) groups is 1. The number of nitrogens with zero attached hydrogens (tertiary/aromatic N) is 1. The van der Waals surface area contributed by atoms with Crippen molar-refractivity contribution in [3.8, 4) is 11.3 Å². The van der Waals surface area contributed by atoms with Gasteiger partial charge in [0.15, 0.2) is 0 Å². The number of hydrogen-bond donors (Lipinski definition) is 1. The zero-order valence-corrected chi connectivity index (χ0v) is 10.4. The molecule has 0 aliphatic carbocycles. The first-order chi connectivity index (χ1) is 8.61. The number of aromatic nitrogens is 1. The van der Waals surface area contributed by atoms with Gasteiger partial charge in [-0.15, -0.1) is 11.8 Å². The van der Waals surface area contributed by atoms with E-state index in [1.165, 1.54) is 6.07 Å². The molecule has 5 nitrogen and oxygen atoms in total. The van der Waals surface area contributed by atoms with Crippen LogP contribution in [0.15, 0.2) is 39.8 Å². The molecule has 0 fully saturated rings. The maximum absolute atomic E-state index is 11.3. The highest BCUT2D eigenvalue weighted by Crippen LogP contribution is 2.22. The number of carbonyl (C=O) groups excluding carboxylic acids is 2. The van der Waals surface area contributed by atoms with Crippen molar-refractivity contribution in [2.24, 2.45) is 5.73 Å². The highest BCUT2D eigenvalue weighted by Gasteiger charge is 2.18. The van der Waals surface area contributed by atoms with Crippen LogP contribution in [0.3, 0.4) is 0 Å². The Bertz CT molecular complexity index is 590. The minimum Gasteiger partial charge on any atom is -0.363 e. The molecular formula is C12H10N2O3S. The summed E-state index contributed by atoms with van der Waals surface area (Å²) in [5, 5.41) is 3.73. The maximum atomic E-state index is 11.3. The molecule has 18 heavy (non-hydrogen) atoms. The summed E-state index contributed by atoms with van der Waals surface area (Å²) >= 11 is 1.63. The van der Waals surface area contributed by atoms with Gasteiger partial charge in [0.1, 0.15) is 5.69 Å². The fraction of sp³-hybridized carbons (Fsp3) is 0.0833. The molecule has 1 aromatic heterocycles. The van der Waals surface area contributed by atoms with Crippen LogP contribution in [0.1, 0.15) is 10.6 Å². The van der Waals surface area contributed by atoms with Gasteiger partial charge in [0.2, 0.25) is 5.76 Å². The third-order valence-corrected chi connectivity index (χ3v) is 3.09. The van der Waals surface area contributed by atoms with Gasteiger partial charge in [-0.1, -0.05) is 17.3 Å². The predicted molar refractivity (Wildman–Crippen MR) is 67.2 cm³/mol. The molecule has 0 aliphatic heterocycles. The molecule has 1 heterocycles. The van der Waals surface area contributed by atoms with Gasteiger partial charge in [-0.05, 0) is 18.4 Å². The summed E-state index contributed by atoms with van der Waals surface area (Å²) in [4.78, 5) is 23.1. The van der Waals surface area contributed by atoms with Gasteiger partial charge in [-0.2, -0.15) is 0 Å². The molecule has 0 atom stereocenters. The fourth-order valence-electron chi connectivity index (χ4n) is 1.40. The summed E-state index contributed by atoms with van der Waals surface area (Å²) in [7, 11) is 0. The number of primary amides is 1. The lowest BCUT2D eigenvalue weighted by molar-refractivity contribution is -0.114. The number of benzene rings is 1. The lowest BCUT2D eigenvalue weighted by Gasteiger charge is -1.97. The molecule has 0 saturated carbocycles. The second kappa shape index (κ2) is 5.05. The first-order valence-electron chi connectivity index (χ1n) is 5.07. The van der Waals surface area contributed by atoms with Crippen molar-refractivity contribution in [1.29, 1.82) is 0 Å². The van der Waals surface area contributed by atoms with Crippen molar-refractivity contribution in [2.75, 3.05) is 6.26 Å². The second-order valence-corrected chi connectivity index (χ2v) is 4.38. The topological polar surface area (TPSA) is 86.2 Å². The Morgan fingerprint density at radius 1 is 1.28 bits per heavy atom. The van der Waals surface area contributed by atoms with E-state index in [1.807, 2.05) is 30.5 Å². The summed E-state index contributed by atoms with van der Waals surface area (Å²) < 4.78 is 4.79. The zero-order valence-electron chi connectivity index (χ0n) is 9.54. The molecule has 2 N–H and O–H groups in total. The van der Waals surface area contributed by atoms with Crippen molar-refractivity contribution in [3.63, 3.8) is 0 Å². The average Bonchev–Trinajstić information content (AvgIpc) is 2.87. The van der Waals surface area contributed by atoms with Crippen molar-refractivity contribution >= 4 is 23.5 Å². The molecule has 2 rings (SSSR count). The Kier molecular flexibility index (Phi) is 3.47. The minimum atomic E-state index is -1.06. The molecule has 0 spiro atoms. The molecule has 0 saturated heterocycles. The largest absolute Gasteiger partial charge is 0.363 e. The SMILES string of the molecule is CSc1ccc(-c2cc(C(=O)C(N)=O)on2)cc1. The average molecular weight is 262 g/mol. The summed E-state index contributed by atoms with van der Waals surface area (Å²) in [5.74, 6) is -2.09. The van der Waals surface area contributed by atoms with Gasteiger partial charge in [-0.3, -0.25) is 9.59 Å². The van der Waals surface area contributed by atoms with Crippen molar-refractivity contribution in [2.45, 2.75) is 4.90 Å². The molecule has 2 aromatic rings. The van der Waals surface area contributed by atoms with E-state index in [1.54, 1.807) is 11.8 Å². The van der Waals surface area contributed by atoms with Crippen LogP contribution >= 0.6 is 11.8 Å². The van der Waals surface area contributed by atoms with Crippen LogP contribution in [0.25, 0.3) is 11.3 Å². The van der Waals surface area contributed by atoms with E-state index >= 15 is 0 Å². The molecule has 1 aromatic carbocycles. The Labute approximate surface area is 107 Å². The van der Waals surface area contributed by atoms with Crippen LogP contribution in [-0.4, -0.2) is 23.1 Å². The number of hydrogen-bond acceptors (Lipinski definition) is 5. The highest BCUT2D eigenvalue weighted by atomic mass is 32.2. The van der Waals surface area contributed by atoms with E-state index in [9.17, 15) is 9.59 Å². The number of amides is 1. The third-order valence-electron chi connectivity index (χ3n) is 2.34. The van der Waals surface area contributed by atoms with E-state index < -0.39 is 11.7 Å². The number of rotatable bonds is 4. The Morgan fingerprint density at radius 3 is 2.50 bits per heavy atom. The molecule has 6 heteroatoms. The predicted octanol–water partition coefficient (Wildman–Crippen LogP) is 1.73. The van der Waals surface area contributed by atoms with Crippen molar-refractivity contribution in [3.05, 3.63) is 36.1 Å². The standard InChI is InChI=1S/C12H10N2O3S/c1-18-8-4-2-7(3-5-8)9-6-10(17-14-9)11(15)12(13)16/h2-6H,1H3,(H2,13,16). The monoisotopic (exact) mass is 262 g/mol. The lowest BCUT2D eigenvalue weighted by atomic mass is 10.1. The van der Waals surface area contributed by atoms with Gasteiger partial charge >= 0.3 is 0 Å². The number of ketones is 1. The van der Waals surface area contributed by atoms with E-state index in [0.29, 0.717) is 5.69 Å². The second-order valence-electron chi connectivity index (χ2n) is 3.50. The van der Waals surface area contributed by atoms with Gasteiger partial charge in [0, 0.05) is 16.5 Å². The van der Waals surface area contributed by atoms with E-state index in [0.717, 1.165) is 10.5 Å².